The van der Waals surface area contributed by atoms with Crippen molar-refractivity contribution in [3.8, 4) is 0 Å². The Bertz CT molecular complexity index is 928. The molecule has 0 aliphatic heterocycles. The Labute approximate surface area is 137 Å². The number of nitrogens with one attached hydrogen (secondary N) is 1. The summed E-state index contributed by atoms with van der Waals surface area (Å²) in [5, 5.41) is 3.42. The average Bonchev–Trinajstić information content (AvgIpc) is 2.83. The van der Waals surface area contributed by atoms with Crippen LogP contribution in [0.3, 0.4) is 0 Å². The van der Waals surface area contributed by atoms with Crippen LogP contribution < -0.4 is 10.9 Å². The summed E-state index contributed by atoms with van der Waals surface area (Å²) in [4.78, 5) is 31.2. The van der Waals surface area contributed by atoms with E-state index in [0.29, 0.717) is 11.1 Å². The number of benzene rings is 1. The van der Waals surface area contributed by atoms with Crippen molar-refractivity contribution < 1.29 is 4.79 Å². The monoisotopic (exact) mass is 327 g/mol. The van der Waals surface area contributed by atoms with Crippen molar-refractivity contribution in [2.75, 3.05) is 5.32 Å². The van der Waals surface area contributed by atoms with Crippen molar-refractivity contribution >= 4 is 33.1 Å². The van der Waals surface area contributed by atoms with Crippen LogP contribution >= 0.6 is 11.3 Å². The fourth-order valence-electron chi connectivity index (χ4n) is 2.42. The topological polar surface area (TPSA) is 64.0 Å². The maximum atomic E-state index is 12.7. The number of carbonyl (C=O) groups excluding carboxylic acids is 1. The van der Waals surface area contributed by atoms with Crippen molar-refractivity contribution in [3.05, 3.63) is 57.5 Å². The van der Waals surface area contributed by atoms with E-state index in [1.54, 1.807) is 19.1 Å². The minimum Gasteiger partial charge on any atom is -0.324 e. The maximum Gasteiger partial charge on any atom is 0.263 e. The molecule has 0 spiro atoms. The molecule has 1 amide bonds. The number of para-hydroxylation sites is 1. The van der Waals surface area contributed by atoms with E-state index in [2.05, 4.69) is 10.3 Å². The Hall–Kier alpha value is -2.47. The van der Waals surface area contributed by atoms with Crippen molar-refractivity contribution in [1.29, 1.82) is 0 Å². The van der Waals surface area contributed by atoms with Gasteiger partial charge in [-0.15, -0.1) is 11.3 Å². The van der Waals surface area contributed by atoms with Crippen LogP contribution in [0.25, 0.3) is 10.2 Å². The summed E-state index contributed by atoms with van der Waals surface area (Å²) in [5.41, 5.74) is 1.47. The second kappa shape index (κ2) is 5.96. The number of amides is 1. The number of rotatable bonds is 3. The molecule has 5 nitrogen and oxygen atoms in total. The molecule has 23 heavy (non-hydrogen) atoms. The van der Waals surface area contributed by atoms with Gasteiger partial charge in [0.05, 0.1) is 11.7 Å². The third-order valence-electron chi connectivity index (χ3n) is 3.95. The summed E-state index contributed by atoms with van der Waals surface area (Å²) < 4.78 is 1.39. The van der Waals surface area contributed by atoms with Crippen LogP contribution in [0.2, 0.25) is 0 Å². The molecule has 6 heteroatoms. The highest BCUT2D eigenvalue weighted by atomic mass is 32.1. The predicted molar refractivity (Wildman–Crippen MR) is 93.1 cm³/mol. The van der Waals surface area contributed by atoms with Gasteiger partial charge in [0.1, 0.15) is 10.9 Å². The molecule has 1 aromatic carbocycles. The highest BCUT2D eigenvalue weighted by Gasteiger charge is 2.19. The first-order chi connectivity index (χ1) is 11.0. The van der Waals surface area contributed by atoms with Crippen LogP contribution in [0.4, 0.5) is 5.69 Å². The third-order valence-corrected chi connectivity index (χ3v) is 5.07. The number of fused-ring (bicyclic) bond motifs is 1. The van der Waals surface area contributed by atoms with E-state index in [1.165, 1.54) is 22.2 Å². The molecule has 1 atom stereocenters. The van der Waals surface area contributed by atoms with Crippen molar-refractivity contribution in [3.63, 3.8) is 0 Å². The van der Waals surface area contributed by atoms with Crippen molar-refractivity contribution in [2.24, 2.45) is 0 Å². The Kier molecular flexibility index (Phi) is 4.00. The van der Waals surface area contributed by atoms with E-state index >= 15 is 0 Å². The Morgan fingerprint density at radius 1 is 1.26 bits per heavy atom. The van der Waals surface area contributed by atoms with Gasteiger partial charge in [0, 0.05) is 10.6 Å². The summed E-state index contributed by atoms with van der Waals surface area (Å²) >= 11 is 1.50. The number of aryl methyl sites for hydroxylation is 2. The van der Waals surface area contributed by atoms with E-state index in [4.69, 9.17) is 0 Å². The van der Waals surface area contributed by atoms with Gasteiger partial charge in [-0.2, -0.15) is 0 Å². The molecule has 1 N–H and O–H groups in total. The standard InChI is InChI=1S/C17H17N3O2S/c1-10-12(3)23-16-14(10)17(22)20(9-18-16)11(2)15(21)19-13-7-5-4-6-8-13/h4-9,11H,1-3H3,(H,19,21)/t11-/m0/s1. The summed E-state index contributed by atoms with van der Waals surface area (Å²) in [6, 6.07) is 8.54. The van der Waals surface area contributed by atoms with Gasteiger partial charge in [-0.05, 0) is 38.5 Å². The van der Waals surface area contributed by atoms with E-state index in [0.717, 1.165) is 15.3 Å². The zero-order valence-electron chi connectivity index (χ0n) is 13.2. The fourth-order valence-corrected chi connectivity index (χ4v) is 3.41. The lowest BCUT2D eigenvalue weighted by molar-refractivity contribution is -0.118. The normalized spacial score (nSPS) is 12.3. The molecule has 2 heterocycles. The number of thiophene rings is 1. The molecule has 0 fully saturated rings. The molecular formula is C17H17N3O2S. The van der Waals surface area contributed by atoms with E-state index in [9.17, 15) is 9.59 Å². The number of hydrogen-bond donors (Lipinski definition) is 1. The summed E-state index contributed by atoms with van der Waals surface area (Å²) in [5.74, 6) is -0.246. The smallest absolute Gasteiger partial charge is 0.263 e. The first kappa shape index (κ1) is 15.4. The maximum absolute atomic E-state index is 12.7. The lowest BCUT2D eigenvalue weighted by atomic mass is 10.2. The van der Waals surface area contributed by atoms with Gasteiger partial charge >= 0.3 is 0 Å². The van der Waals surface area contributed by atoms with Gasteiger partial charge in [0.25, 0.3) is 5.56 Å². The van der Waals surface area contributed by atoms with E-state index in [1.807, 2.05) is 32.0 Å². The molecule has 0 aliphatic carbocycles. The first-order valence-corrected chi connectivity index (χ1v) is 8.13. The predicted octanol–water partition coefficient (Wildman–Crippen LogP) is 3.27. The Morgan fingerprint density at radius 2 is 1.96 bits per heavy atom. The van der Waals surface area contributed by atoms with Crippen molar-refractivity contribution in [2.45, 2.75) is 26.8 Å². The number of aromatic nitrogens is 2. The minimum absolute atomic E-state index is 0.174. The first-order valence-electron chi connectivity index (χ1n) is 7.32. The quantitative estimate of drug-likeness (QED) is 0.803. The largest absolute Gasteiger partial charge is 0.324 e. The Balaban J connectivity index is 1.96. The molecule has 0 saturated carbocycles. The molecule has 3 rings (SSSR count). The average molecular weight is 327 g/mol. The van der Waals surface area contributed by atoms with Crippen LogP contribution in [0.1, 0.15) is 23.4 Å². The third kappa shape index (κ3) is 2.77. The SMILES string of the molecule is Cc1sc2ncn([C@@H](C)C(=O)Nc3ccccc3)c(=O)c2c1C. The number of carbonyl (C=O) groups is 1. The van der Waals surface area contributed by atoms with Gasteiger partial charge in [-0.25, -0.2) is 4.98 Å². The minimum atomic E-state index is -0.640. The number of hydrogen-bond acceptors (Lipinski definition) is 4. The Morgan fingerprint density at radius 3 is 2.65 bits per heavy atom. The number of nitrogens with zero attached hydrogens (tertiary/aromatic N) is 2. The lowest BCUT2D eigenvalue weighted by Gasteiger charge is -2.14. The van der Waals surface area contributed by atoms with Gasteiger partial charge < -0.3 is 5.32 Å². The van der Waals surface area contributed by atoms with Crippen LogP contribution in [0.5, 0.6) is 0 Å². The van der Waals surface area contributed by atoms with Crippen molar-refractivity contribution in [1.82, 2.24) is 9.55 Å². The van der Waals surface area contributed by atoms with E-state index < -0.39 is 6.04 Å². The zero-order valence-corrected chi connectivity index (χ0v) is 14.0. The summed E-state index contributed by atoms with van der Waals surface area (Å²) in [7, 11) is 0. The van der Waals surface area contributed by atoms with Gasteiger partial charge in [-0.1, -0.05) is 18.2 Å². The molecule has 0 bridgehead atoms. The fraction of sp³-hybridized carbons (Fsp3) is 0.235. The van der Waals surface area contributed by atoms with Gasteiger partial charge in [-0.3, -0.25) is 14.2 Å². The molecule has 0 unspecified atom stereocenters. The molecule has 3 aromatic rings. The summed E-state index contributed by atoms with van der Waals surface area (Å²) in [6.45, 7) is 5.58. The molecule has 2 aromatic heterocycles. The van der Waals surface area contributed by atoms with E-state index in [-0.39, 0.29) is 11.5 Å². The molecule has 0 saturated heterocycles. The molecule has 118 valence electrons. The molecular weight excluding hydrogens is 310 g/mol. The summed E-state index contributed by atoms with van der Waals surface area (Å²) in [6.07, 6.45) is 1.45. The van der Waals surface area contributed by atoms with Crippen LogP contribution in [-0.4, -0.2) is 15.5 Å². The molecule has 0 radical (unpaired) electrons. The highest BCUT2D eigenvalue weighted by Crippen LogP contribution is 2.26. The van der Waals surface area contributed by atoms with Gasteiger partial charge in [0.15, 0.2) is 0 Å². The highest BCUT2D eigenvalue weighted by molar-refractivity contribution is 7.18. The van der Waals surface area contributed by atoms with Crippen LogP contribution in [0, 0.1) is 13.8 Å². The second-order valence-corrected chi connectivity index (χ2v) is 6.65. The molecule has 0 aliphatic rings. The van der Waals surface area contributed by atoms with Crippen LogP contribution in [0.15, 0.2) is 41.5 Å². The zero-order chi connectivity index (χ0) is 16.6. The lowest BCUT2D eigenvalue weighted by Crippen LogP contribution is -2.31. The van der Waals surface area contributed by atoms with Gasteiger partial charge in [0.2, 0.25) is 5.91 Å². The number of anilines is 1. The second-order valence-electron chi connectivity index (χ2n) is 5.45. The van der Waals surface area contributed by atoms with Crippen LogP contribution in [-0.2, 0) is 4.79 Å².